The summed E-state index contributed by atoms with van der Waals surface area (Å²) in [5.41, 5.74) is 0.580. The molecule has 1 N–H and O–H groups in total. The van der Waals surface area contributed by atoms with E-state index in [4.69, 9.17) is 21.1 Å². The summed E-state index contributed by atoms with van der Waals surface area (Å²) in [4.78, 5) is 14.0. The van der Waals surface area contributed by atoms with E-state index in [2.05, 4.69) is 5.32 Å². The predicted molar refractivity (Wildman–Crippen MR) is 79.1 cm³/mol. The van der Waals surface area contributed by atoms with Gasteiger partial charge in [0.1, 0.15) is 11.8 Å². The molecule has 0 spiro atoms. The molecule has 1 amide bonds. The van der Waals surface area contributed by atoms with E-state index in [1.54, 1.807) is 7.11 Å². The van der Waals surface area contributed by atoms with Crippen molar-refractivity contribution in [3.63, 3.8) is 0 Å². The molecule has 2 saturated heterocycles. The van der Waals surface area contributed by atoms with Gasteiger partial charge in [0, 0.05) is 25.2 Å². The number of nitrogens with one attached hydrogen (secondary N) is 1. The Kier molecular flexibility index (Phi) is 4.17. The Balaban J connectivity index is 1.83. The van der Waals surface area contributed by atoms with E-state index in [-0.39, 0.29) is 12.1 Å². The Hall–Kier alpha value is -1.14. The van der Waals surface area contributed by atoms with E-state index < -0.39 is 5.60 Å². The summed E-state index contributed by atoms with van der Waals surface area (Å²) in [6, 6.07) is 7.58. The van der Waals surface area contributed by atoms with Gasteiger partial charge >= 0.3 is 0 Å². The van der Waals surface area contributed by atoms with Crippen molar-refractivity contribution in [1.82, 2.24) is 10.2 Å². The van der Waals surface area contributed by atoms with Gasteiger partial charge in [0.05, 0.1) is 19.7 Å². The SMILES string of the molecule is COC1(CN2C(=O)CNC2c2cccc(Cl)c2)CCOC1. The topological polar surface area (TPSA) is 50.8 Å². The lowest BCUT2D eigenvalue weighted by Gasteiger charge is -2.34. The first-order chi connectivity index (χ1) is 10.1. The molecule has 2 unspecified atom stereocenters. The lowest BCUT2D eigenvalue weighted by atomic mass is 10.0. The maximum Gasteiger partial charge on any atom is 0.238 e. The number of halogens is 1. The Labute approximate surface area is 129 Å². The third-order valence-electron chi connectivity index (χ3n) is 4.20. The summed E-state index contributed by atoms with van der Waals surface area (Å²) in [5.74, 6) is 0.0725. The Bertz CT molecular complexity index is 531. The van der Waals surface area contributed by atoms with E-state index in [0.29, 0.717) is 31.3 Å². The lowest BCUT2D eigenvalue weighted by molar-refractivity contribution is -0.133. The molecule has 1 aromatic carbocycles. The van der Waals surface area contributed by atoms with Gasteiger partial charge in [-0.3, -0.25) is 10.1 Å². The number of ether oxygens (including phenoxy) is 2. The molecule has 2 aliphatic heterocycles. The van der Waals surface area contributed by atoms with Crippen molar-refractivity contribution in [3.8, 4) is 0 Å². The summed E-state index contributed by atoms with van der Waals surface area (Å²) in [7, 11) is 1.68. The van der Waals surface area contributed by atoms with Crippen molar-refractivity contribution in [2.45, 2.75) is 18.2 Å². The maximum absolute atomic E-state index is 12.2. The van der Waals surface area contributed by atoms with Crippen LogP contribution in [-0.2, 0) is 14.3 Å². The minimum absolute atomic E-state index is 0.0725. The van der Waals surface area contributed by atoms with Gasteiger partial charge in [-0.25, -0.2) is 0 Å². The molecule has 114 valence electrons. The molecule has 2 heterocycles. The van der Waals surface area contributed by atoms with E-state index in [1.807, 2.05) is 29.2 Å². The largest absolute Gasteiger partial charge is 0.378 e. The van der Waals surface area contributed by atoms with Crippen LogP contribution in [-0.4, -0.2) is 49.8 Å². The Morgan fingerprint density at radius 2 is 2.43 bits per heavy atom. The van der Waals surface area contributed by atoms with E-state index in [9.17, 15) is 4.79 Å². The summed E-state index contributed by atoms with van der Waals surface area (Å²) < 4.78 is 11.1. The second-order valence-corrected chi connectivity index (χ2v) is 5.99. The first kappa shape index (κ1) is 14.8. The average molecular weight is 311 g/mol. The van der Waals surface area contributed by atoms with Crippen LogP contribution in [0.3, 0.4) is 0 Å². The predicted octanol–water partition coefficient (Wildman–Crippen LogP) is 1.58. The molecule has 0 aromatic heterocycles. The lowest BCUT2D eigenvalue weighted by Crippen LogP contribution is -2.47. The maximum atomic E-state index is 12.2. The second kappa shape index (κ2) is 5.93. The molecule has 2 aliphatic rings. The van der Waals surface area contributed by atoms with Crippen molar-refractivity contribution >= 4 is 17.5 Å². The van der Waals surface area contributed by atoms with Crippen molar-refractivity contribution in [1.29, 1.82) is 0 Å². The second-order valence-electron chi connectivity index (χ2n) is 5.55. The van der Waals surface area contributed by atoms with E-state index in [1.165, 1.54) is 0 Å². The molecule has 0 bridgehead atoms. The fourth-order valence-corrected chi connectivity index (χ4v) is 3.14. The fourth-order valence-electron chi connectivity index (χ4n) is 2.94. The van der Waals surface area contributed by atoms with Crippen molar-refractivity contribution < 1.29 is 14.3 Å². The minimum Gasteiger partial charge on any atom is -0.378 e. The molecule has 1 aromatic rings. The summed E-state index contributed by atoms with van der Waals surface area (Å²) in [6.45, 7) is 2.05. The van der Waals surface area contributed by atoms with Crippen molar-refractivity contribution in [3.05, 3.63) is 34.9 Å². The number of carbonyl (C=O) groups excluding carboxylic acids is 1. The van der Waals surface area contributed by atoms with Gasteiger partial charge in [0.15, 0.2) is 0 Å². The number of amides is 1. The highest BCUT2D eigenvalue weighted by Gasteiger charge is 2.42. The van der Waals surface area contributed by atoms with Crippen LogP contribution in [0.2, 0.25) is 5.02 Å². The molecule has 0 saturated carbocycles. The first-order valence-electron chi connectivity index (χ1n) is 7.05. The molecule has 21 heavy (non-hydrogen) atoms. The van der Waals surface area contributed by atoms with Gasteiger partial charge in [-0.05, 0) is 17.7 Å². The molecule has 3 rings (SSSR count). The third-order valence-corrected chi connectivity index (χ3v) is 4.44. The van der Waals surface area contributed by atoms with Crippen LogP contribution in [0.25, 0.3) is 0 Å². The number of rotatable bonds is 4. The number of carbonyl (C=O) groups is 1. The van der Waals surface area contributed by atoms with Gasteiger partial charge in [0.25, 0.3) is 0 Å². The summed E-state index contributed by atoms with van der Waals surface area (Å²) in [5, 5.41) is 3.90. The normalized spacial score (nSPS) is 29.3. The average Bonchev–Trinajstić information content (AvgIpc) is 3.08. The van der Waals surface area contributed by atoms with Crippen LogP contribution in [0, 0.1) is 0 Å². The summed E-state index contributed by atoms with van der Waals surface area (Å²) in [6.07, 6.45) is 0.638. The van der Waals surface area contributed by atoms with E-state index >= 15 is 0 Å². The van der Waals surface area contributed by atoms with Crippen LogP contribution in [0.4, 0.5) is 0 Å². The van der Waals surface area contributed by atoms with Crippen molar-refractivity contribution in [2.24, 2.45) is 0 Å². The van der Waals surface area contributed by atoms with E-state index in [0.717, 1.165) is 12.0 Å². The minimum atomic E-state index is -0.404. The quantitative estimate of drug-likeness (QED) is 0.917. The summed E-state index contributed by atoms with van der Waals surface area (Å²) >= 11 is 6.06. The molecule has 2 atom stereocenters. The molecule has 6 heteroatoms. The number of hydrogen-bond donors (Lipinski definition) is 1. The molecular weight excluding hydrogens is 292 g/mol. The number of methoxy groups -OCH3 is 1. The highest BCUT2D eigenvalue weighted by molar-refractivity contribution is 6.30. The molecule has 0 aliphatic carbocycles. The monoisotopic (exact) mass is 310 g/mol. The van der Waals surface area contributed by atoms with Crippen LogP contribution >= 0.6 is 11.6 Å². The molecule has 5 nitrogen and oxygen atoms in total. The molecule has 0 radical (unpaired) electrons. The van der Waals surface area contributed by atoms with Gasteiger partial charge in [-0.2, -0.15) is 0 Å². The van der Waals surface area contributed by atoms with Gasteiger partial charge < -0.3 is 14.4 Å². The van der Waals surface area contributed by atoms with Gasteiger partial charge in [0.2, 0.25) is 5.91 Å². The zero-order chi connectivity index (χ0) is 14.9. The van der Waals surface area contributed by atoms with Crippen LogP contribution in [0.15, 0.2) is 24.3 Å². The highest BCUT2D eigenvalue weighted by Crippen LogP contribution is 2.30. The highest BCUT2D eigenvalue weighted by atomic mass is 35.5. The molecule has 2 fully saturated rings. The van der Waals surface area contributed by atoms with Crippen LogP contribution in [0.5, 0.6) is 0 Å². The Morgan fingerprint density at radius 1 is 1.57 bits per heavy atom. The fraction of sp³-hybridized carbons (Fsp3) is 0.533. The number of nitrogens with zero attached hydrogens (tertiary/aromatic N) is 1. The first-order valence-corrected chi connectivity index (χ1v) is 7.43. The van der Waals surface area contributed by atoms with Crippen molar-refractivity contribution in [2.75, 3.05) is 33.4 Å². The number of benzene rings is 1. The smallest absolute Gasteiger partial charge is 0.238 e. The molecular formula is C15H19ClN2O3. The third kappa shape index (κ3) is 2.92. The van der Waals surface area contributed by atoms with Gasteiger partial charge in [-0.1, -0.05) is 23.7 Å². The zero-order valence-corrected chi connectivity index (χ0v) is 12.7. The number of hydrogen-bond acceptors (Lipinski definition) is 4. The standard InChI is InChI=1S/C15H19ClN2O3/c1-20-15(5-6-21-10-15)9-18-13(19)8-17-14(18)11-3-2-4-12(16)7-11/h2-4,7,14,17H,5-6,8-10H2,1H3. The van der Waals surface area contributed by atoms with Crippen LogP contribution in [0.1, 0.15) is 18.2 Å². The zero-order valence-electron chi connectivity index (χ0n) is 12.0. The van der Waals surface area contributed by atoms with Gasteiger partial charge in [-0.15, -0.1) is 0 Å². The van der Waals surface area contributed by atoms with Crippen LogP contribution < -0.4 is 5.32 Å². The Morgan fingerprint density at radius 3 is 3.10 bits per heavy atom.